The molecule has 0 aromatic heterocycles. The summed E-state index contributed by atoms with van der Waals surface area (Å²) in [6, 6.07) is -0.849. The Bertz CT molecular complexity index is 1590. The summed E-state index contributed by atoms with van der Waals surface area (Å²) in [6.07, 6.45) is 79.4. The number of carbonyl (C=O) groups excluding carboxylic acids is 2. The zero-order chi connectivity index (χ0) is 60.0. The predicted octanol–water partition coefficient (Wildman–Crippen LogP) is 22.2. The van der Waals surface area contributed by atoms with Crippen LogP contribution in [-0.2, 0) is 27.9 Å². The number of quaternary nitrogens is 1. The molecule has 0 aliphatic rings. The maximum Gasteiger partial charge on any atom is 0.472 e. The summed E-state index contributed by atoms with van der Waals surface area (Å²) in [4.78, 5) is 37.9. The molecule has 0 saturated carbocycles. The molecule has 82 heavy (non-hydrogen) atoms. The zero-order valence-corrected chi connectivity index (χ0v) is 55.9. The fourth-order valence-electron chi connectivity index (χ4n) is 10.3. The third-order valence-electron chi connectivity index (χ3n) is 15.7. The molecule has 0 rings (SSSR count). The predicted molar refractivity (Wildman–Crippen MR) is 355 cm³/mol. The third kappa shape index (κ3) is 62.2. The van der Waals surface area contributed by atoms with Crippen LogP contribution in [0.1, 0.15) is 335 Å². The lowest BCUT2D eigenvalue weighted by Crippen LogP contribution is -2.47. The molecule has 3 unspecified atom stereocenters. The van der Waals surface area contributed by atoms with E-state index in [1.165, 1.54) is 225 Å². The quantitative estimate of drug-likeness (QED) is 0.0205. The Labute approximate surface area is 509 Å². The Hall–Kier alpha value is -2.29. The third-order valence-corrected chi connectivity index (χ3v) is 16.7. The number of hydrogen-bond acceptors (Lipinski definition) is 6. The Morgan fingerprint density at radius 3 is 1.13 bits per heavy atom. The average Bonchev–Trinajstić information content (AvgIpc) is 3.47. The number of hydrogen-bond donors (Lipinski definition) is 2. The number of rotatable bonds is 64. The van der Waals surface area contributed by atoms with Gasteiger partial charge in [0.15, 0.2) is 0 Å². The zero-order valence-electron chi connectivity index (χ0n) is 55.0. The minimum absolute atomic E-state index is 0.0403. The van der Waals surface area contributed by atoms with E-state index in [1.54, 1.807) is 0 Å². The van der Waals surface area contributed by atoms with E-state index >= 15 is 0 Å². The lowest BCUT2D eigenvalue weighted by atomic mass is 10.0. The van der Waals surface area contributed by atoms with E-state index in [4.69, 9.17) is 13.8 Å². The Morgan fingerprint density at radius 1 is 0.427 bits per heavy atom. The average molecular weight is 1170 g/mol. The van der Waals surface area contributed by atoms with E-state index in [2.05, 4.69) is 74.7 Å². The van der Waals surface area contributed by atoms with Crippen LogP contribution < -0.4 is 5.32 Å². The first-order chi connectivity index (χ1) is 39.9. The second-order valence-electron chi connectivity index (χ2n) is 25.1. The summed E-state index contributed by atoms with van der Waals surface area (Å²) >= 11 is 0. The Morgan fingerprint density at radius 2 is 0.744 bits per heavy atom. The molecule has 1 amide bonds. The standard InChI is InChI=1S/C72H135N2O7P/c1-7-10-13-16-19-22-25-28-30-32-33-34-35-36-37-38-39-40-41-43-44-46-49-52-55-58-61-64-71(75)73-69(68-80-82(77,78)79-67-66-74(4,5)6)70(63-60-57-54-51-48-27-24-21-18-15-12-9-3)81-72(76)65-62-59-56-53-50-47-45-42-31-29-26-23-20-17-14-11-8-2/h19,22,28,30,33-34,36-37,60,63,69-70H,7-18,20-21,23-27,29,31-32,35,38-59,61-62,64-68H2,1-6H3,(H-,73,75,77,78)/p+1/b22-19-,30-28-,34-33-,37-36-,63-60-. The van der Waals surface area contributed by atoms with Crippen LogP contribution in [0.4, 0.5) is 0 Å². The number of unbranched alkanes of at least 4 members (excludes halogenated alkanes) is 40. The minimum atomic E-state index is -4.45. The maximum atomic E-state index is 13.6. The second kappa shape index (κ2) is 61.8. The number of amides is 1. The van der Waals surface area contributed by atoms with Gasteiger partial charge in [-0.15, -0.1) is 0 Å². The summed E-state index contributed by atoms with van der Waals surface area (Å²) in [5, 5.41) is 3.07. The Kier molecular flexibility index (Phi) is 60.1. The summed E-state index contributed by atoms with van der Waals surface area (Å²) in [5.41, 5.74) is 0. The van der Waals surface area contributed by atoms with Gasteiger partial charge in [-0.05, 0) is 76.7 Å². The molecule has 0 saturated heterocycles. The van der Waals surface area contributed by atoms with Gasteiger partial charge in [0.25, 0.3) is 0 Å². The number of esters is 1. The largest absolute Gasteiger partial charge is 0.472 e. The van der Waals surface area contributed by atoms with Crippen molar-refractivity contribution in [3.05, 3.63) is 60.8 Å². The molecule has 0 aliphatic heterocycles. The van der Waals surface area contributed by atoms with Crippen molar-refractivity contribution in [3.8, 4) is 0 Å². The van der Waals surface area contributed by atoms with Gasteiger partial charge in [-0.3, -0.25) is 18.6 Å². The first kappa shape index (κ1) is 79.7. The first-order valence-electron chi connectivity index (χ1n) is 35.1. The van der Waals surface area contributed by atoms with Crippen molar-refractivity contribution in [2.24, 2.45) is 0 Å². The highest BCUT2D eigenvalue weighted by molar-refractivity contribution is 7.47. The van der Waals surface area contributed by atoms with Crippen LogP contribution in [0.3, 0.4) is 0 Å². The normalized spacial score (nSPS) is 13.9. The van der Waals surface area contributed by atoms with Crippen LogP contribution >= 0.6 is 7.82 Å². The smallest absolute Gasteiger partial charge is 0.456 e. The van der Waals surface area contributed by atoms with Crippen molar-refractivity contribution >= 4 is 19.7 Å². The molecule has 9 nitrogen and oxygen atoms in total. The summed E-state index contributed by atoms with van der Waals surface area (Å²) in [7, 11) is 1.50. The maximum absolute atomic E-state index is 13.6. The molecular weight excluding hydrogens is 1040 g/mol. The number of nitrogens with one attached hydrogen (secondary N) is 1. The monoisotopic (exact) mass is 1170 g/mol. The number of likely N-dealkylation sites (N-methyl/N-ethyl adjacent to an activating group) is 1. The molecule has 0 aromatic rings. The Balaban J connectivity index is 5.04. The van der Waals surface area contributed by atoms with E-state index in [0.29, 0.717) is 23.9 Å². The molecule has 480 valence electrons. The number of carbonyl (C=O) groups is 2. The number of phosphoric ester groups is 1. The molecule has 3 atom stereocenters. The van der Waals surface area contributed by atoms with Crippen molar-refractivity contribution in [1.82, 2.24) is 5.32 Å². The van der Waals surface area contributed by atoms with Crippen molar-refractivity contribution in [2.45, 2.75) is 348 Å². The van der Waals surface area contributed by atoms with E-state index in [9.17, 15) is 19.0 Å². The van der Waals surface area contributed by atoms with Crippen LogP contribution in [-0.4, -0.2) is 74.3 Å². The van der Waals surface area contributed by atoms with Gasteiger partial charge >= 0.3 is 13.8 Å². The van der Waals surface area contributed by atoms with Gasteiger partial charge in [0, 0.05) is 12.8 Å². The molecule has 0 bridgehead atoms. The minimum Gasteiger partial charge on any atom is -0.456 e. The highest BCUT2D eigenvalue weighted by Gasteiger charge is 2.30. The van der Waals surface area contributed by atoms with Crippen molar-refractivity contribution < 1.29 is 37.3 Å². The van der Waals surface area contributed by atoms with E-state index in [1.807, 2.05) is 33.3 Å². The van der Waals surface area contributed by atoms with Crippen molar-refractivity contribution in [2.75, 3.05) is 40.9 Å². The van der Waals surface area contributed by atoms with Gasteiger partial charge in [0.05, 0.1) is 33.8 Å². The van der Waals surface area contributed by atoms with E-state index in [-0.39, 0.29) is 25.1 Å². The second-order valence-corrected chi connectivity index (χ2v) is 26.5. The molecule has 2 N–H and O–H groups in total. The van der Waals surface area contributed by atoms with Crippen LogP contribution in [0.2, 0.25) is 0 Å². The van der Waals surface area contributed by atoms with Gasteiger partial charge in [-0.25, -0.2) is 4.57 Å². The number of allylic oxidation sites excluding steroid dienone is 9. The highest BCUT2D eigenvalue weighted by atomic mass is 31.2. The molecule has 0 fully saturated rings. The fraction of sp³-hybridized carbons (Fsp3) is 0.833. The van der Waals surface area contributed by atoms with Crippen LogP contribution in [0.5, 0.6) is 0 Å². The van der Waals surface area contributed by atoms with Crippen LogP contribution in [0.15, 0.2) is 60.8 Å². The lowest BCUT2D eigenvalue weighted by molar-refractivity contribution is -0.870. The molecule has 0 aliphatic carbocycles. The summed E-state index contributed by atoms with van der Waals surface area (Å²) < 4.78 is 30.8. The SMILES string of the molecule is CCCCC/C=C\C/C=C\C/C=C\C/C=C\CCCCCCCCCCCCCC(=O)NC(COP(=O)(O)OCC[N+](C)(C)C)C(/C=C\CCCCCCCCCCCC)OC(=O)CCCCCCCCCCCCCCCCCCC. The number of phosphoric acid groups is 1. The van der Waals surface area contributed by atoms with E-state index < -0.39 is 20.0 Å². The number of ether oxygens (including phenoxy) is 1. The summed E-state index contributed by atoms with van der Waals surface area (Å²) in [5.74, 6) is -0.495. The molecule has 10 heteroatoms. The van der Waals surface area contributed by atoms with Crippen LogP contribution in [0, 0.1) is 0 Å². The molecule has 0 spiro atoms. The first-order valence-corrected chi connectivity index (χ1v) is 36.6. The van der Waals surface area contributed by atoms with Gasteiger partial charge in [0.2, 0.25) is 5.91 Å². The molecule has 0 heterocycles. The van der Waals surface area contributed by atoms with Crippen LogP contribution in [0.25, 0.3) is 0 Å². The topological polar surface area (TPSA) is 111 Å². The highest BCUT2D eigenvalue weighted by Crippen LogP contribution is 2.43. The van der Waals surface area contributed by atoms with Gasteiger partial charge in [0.1, 0.15) is 19.3 Å². The van der Waals surface area contributed by atoms with Gasteiger partial charge in [-0.1, -0.05) is 307 Å². The van der Waals surface area contributed by atoms with Crippen molar-refractivity contribution in [1.29, 1.82) is 0 Å². The fourth-order valence-corrected chi connectivity index (χ4v) is 11.0. The van der Waals surface area contributed by atoms with Crippen molar-refractivity contribution in [3.63, 3.8) is 0 Å². The van der Waals surface area contributed by atoms with E-state index in [0.717, 1.165) is 77.0 Å². The van der Waals surface area contributed by atoms with Gasteiger partial charge < -0.3 is 19.4 Å². The molecule has 0 radical (unpaired) electrons. The lowest BCUT2D eigenvalue weighted by Gasteiger charge is -2.27. The summed E-state index contributed by atoms with van der Waals surface area (Å²) in [6.45, 7) is 7.02. The molecular formula is C72H136N2O7P+. The molecule has 0 aromatic carbocycles. The van der Waals surface area contributed by atoms with Gasteiger partial charge in [-0.2, -0.15) is 0 Å². The number of nitrogens with zero attached hydrogens (tertiary/aromatic N) is 1.